The molecule has 18 heavy (non-hydrogen) atoms. The summed E-state index contributed by atoms with van der Waals surface area (Å²) in [6, 6.07) is 4.42. The molecule has 6 heteroatoms. The molecule has 2 N–H and O–H groups in total. The summed E-state index contributed by atoms with van der Waals surface area (Å²) < 4.78 is 23.8. The Labute approximate surface area is 104 Å². The zero-order valence-electron chi connectivity index (χ0n) is 10.0. The molecular formula is C12H14FN3O2. The molecule has 0 saturated carbocycles. The van der Waals surface area contributed by atoms with Gasteiger partial charge >= 0.3 is 0 Å². The number of ether oxygens (including phenoxy) is 1. The molecule has 0 atom stereocenters. The molecule has 0 aliphatic carbocycles. The molecule has 0 unspecified atom stereocenters. The molecule has 2 rings (SSSR count). The molecule has 2 aromatic rings. The van der Waals surface area contributed by atoms with Gasteiger partial charge in [-0.25, -0.2) is 4.39 Å². The summed E-state index contributed by atoms with van der Waals surface area (Å²) in [4.78, 5) is 4.10. The quantitative estimate of drug-likeness (QED) is 0.650. The van der Waals surface area contributed by atoms with Crippen LogP contribution in [0.2, 0.25) is 0 Å². The lowest BCUT2D eigenvalue weighted by Crippen LogP contribution is -1.99. The monoisotopic (exact) mass is 251 g/mol. The molecule has 1 aromatic carbocycles. The normalized spacial score (nSPS) is 10.8. The Bertz CT molecular complexity index is 508. The highest BCUT2D eigenvalue weighted by atomic mass is 19.1. The van der Waals surface area contributed by atoms with E-state index in [2.05, 4.69) is 10.1 Å². The zero-order chi connectivity index (χ0) is 13.0. The van der Waals surface area contributed by atoms with E-state index < -0.39 is 5.82 Å². The van der Waals surface area contributed by atoms with Crippen LogP contribution in [0.5, 0.6) is 0 Å². The smallest absolute Gasteiger partial charge is 0.263 e. The molecule has 0 radical (unpaired) electrons. The van der Waals surface area contributed by atoms with Crippen LogP contribution in [0.1, 0.15) is 12.7 Å². The van der Waals surface area contributed by atoms with Crippen molar-refractivity contribution in [2.45, 2.75) is 13.3 Å². The van der Waals surface area contributed by atoms with Crippen LogP contribution < -0.4 is 5.73 Å². The van der Waals surface area contributed by atoms with Gasteiger partial charge in [-0.05, 0) is 19.1 Å². The van der Waals surface area contributed by atoms with E-state index in [0.717, 1.165) is 0 Å². The lowest BCUT2D eigenvalue weighted by molar-refractivity contribution is 0.149. The van der Waals surface area contributed by atoms with Crippen molar-refractivity contribution in [3.63, 3.8) is 0 Å². The molecule has 0 spiro atoms. The van der Waals surface area contributed by atoms with Crippen molar-refractivity contribution in [3.05, 3.63) is 29.8 Å². The highest BCUT2D eigenvalue weighted by Gasteiger charge is 2.15. The zero-order valence-corrected chi connectivity index (χ0v) is 10.0. The second kappa shape index (κ2) is 5.59. The highest BCUT2D eigenvalue weighted by molar-refractivity contribution is 5.70. The summed E-state index contributed by atoms with van der Waals surface area (Å²) in [6.07, 6.45) is 0.520. The maximum Gasteiger partial charge on any atom is 0.263 e. The summed E-state index contributed by atoms with van der Waals surface area (Å²) in [5, 5.41) is 3.76. The number of aromatic nitrogens is 2. The number of nitrogens with two attached hydrogens (primary N) is 1. The lowest BCUT2D eigenvalue weighted by atomic mass is 10.1. The van der Waals surface area contributed by atoms with Crippen molar-refractivity contribution in [3.8, 4) is 11.5 Å². The second-order valence-corrected chi connectivity index (χ2v) is 3.67. The van der Waals surface area contributed by atoms with Crippen LogP contribution in [0.4, 0.5) is 10.1 Å². The van der Waals surface area contributed by atoms with Crippen LogP contribution in [0.15, 0.2) is 22.7 Å². The lowest BCUT2D eigenvalue weighted by Gasteiger charge is -2.00. The van der Waals surface area contributed by atoms with Gasteiger partial charge < -0.3 is 15.0 Å². The number of rotatable bonds is 5. The van der Waals surface area contributed by atoms with Crippen LogP contribution in [-0.2, 0) is 11.2 Å². The highest BCUT2D eigenvalue weighted by Crippen LogP contribution is 2.27. The third kappa shape index (κ3) is 2.65. The largest absolute Gasteiger partial charge is 0.398 e. The first-order valence-corrected chi connectivity index (χ1v) is 5.67. The third-order valence-electron chi connectivity index (χ3n) is 2.40. The van der Waals surface area contributed by atoms with E-state index in [-0.39, 0.29) is 17.1 Å². The number of hydrogen-bond acceptors (Lipinski definition) is 5. The van der Waals surface area contributed by atoms with Gasteiger partial charge in [0.1, 0.15) is 5.82 Å². The Hall–Kier alpha value is -1.95. The molecule has 0 fully saturated rings. The van der Waals surface area contributed by atoms with Gasteiger partial charge in [-0.15, -0.1) is 0 Å². The Morgan fingerprint density at radius 3 is 3.00 bits per heavy atom. The number of hydrogen-bond donors (Lipinski definition) is 1. The summed E-state index contributed by atoms with van der Waals surface area (Å²) in [5.41, 5.74) is 6.11. The molecule has 0 aliphatic rings. The summed E-state index contributed by atoms with van der Waals surface area (Å²) in [6.45, 7) is 3.04. The number of benzene rings is 1. The van der Waals surface area contributed by atoms with Crippen molar-refractivity contribution >= 4 is 5.69 Å². The van der Waals surface area contributed by atoms with Gasteiger partial charge in [0, 0.05) is 18.7 Å². The molecule has 1 aromatic heterocycles. The van der Waals surface area contributed by atoms with Gasteiger partial charge in [0.2, 0.25) is 0 Å². The predicted octanol–water partition coefficient (Wildman–Crippen LogP) is 2.04. The fraction of sp³-hybridized carbons (Fsp3) is 0.333. The van der Waals surface area contributed by atoms with Crippen molar-refractivity contribution in [1.82, 2.24) is 10.1 Å². The van der Waals surface area contributed by atoms with Gasteiger partial charge in [-0.3, -0.25) is 0 Å². The molecule has 96 valence electrons. The van der Waals surface area contributed by atoms with Crippen molar-refractivity contribution in [2.24, 2.45) is 0 Å². The number of nitrogen functional groups attached to an aromatic ring is 1. The van der Waals surface area contributed by atoms with Crippen molar-refractivity contribution in [2.75, 3.05) is 18.9 Å². The van der Waals surface area contributed by atoms with Crippen LogP contribution in [0.25, 0.3) is 11.5 Å². The summed E-state index contributed by atoms with van der Waals surface area (Å²) in [7, 11) is 0. The van der Waals surface area contributed by atoms with E-state index in [1.807, 2.05) is 6.92 Å². The van der Waals surface area contributed by atoms with Gasteiger partial charge in [0.15, 0.2) is 5.82 Å². The van der Waals surface area contributed by atoms with Gasteiger partial charge in [-0.2, -0.15) is 4.98 Å². The van der Waals surface area contributed by atoms with Crippen LogP contribution >= 0.6 is 0 Å². The van der Waals surface area contributed by atoms with E-state index >= 15 is 0 Å². The van der Waals surface area contributed by atoms with Gasteiger partial charge in [0.25, 0.3) is 5.89 Å². The average molecular weight is 251 g/mol. The topological polar surface area (TPSA) is 74.2 Å². The first kappa shape index (κ1) is 12.5. The predicted molar refractivity (Wildman–Crippen MR) is 64.3 cm³/mol. The summed E-state index contributed by atoms with van der Waals surface area (Å²) >= 11 is 0. The molecule has 0 amide bonds. The first-order valence-electron chi connectivity index (χ1n) is 5.67. The Morgan fingerprint density at radius 2 is 2.28 bits per heavy atom. The minimum absolute atomic E-state index is 0.0945. The van der Waals surface area contributed by atoms with Crippen LogP contribution in [0.3, 0.4) is 0 Å². The molecular weight excluding hydrogens is 237 g/mol. The molecule has 0 saturated heterocycles. The maximum absolute atomic E-state index is 13.6. The Kier molecular flexibility index (Phi) is 3.88. The fourth-order valence-electron chi connectivity index (χ4n) is 1.53. The van der Waals surface area contributed by atoms with E-state index in [0.29, 0.717) is 25.5 Å². The van der Waals surface area contributed by atoms with E-state index in [1.54, 1.807) is 6.07 Å². The second-order valence-electron chi connectivity index (χ2n) is 3.67. The first-order chi connectivity index (χ1) is 8.72. The minimum atomic E-state index is -0.477. The number of anilines is 1. The van der Waals surface area contributed by atoms with Crippen LogP contribution in [0, 0.1) is 5.82 Å². The maximum atomic E-state index is 13.6. The molecule has 0 aliphatic heterocycles. The number of nitrogens with zero attached hydrogens (tertiary/aromatic N) is 2. The summed E-state index contributed by atoms with van der Waals surface area (Å²) in [5.74, 6) is 0.0909. The average Bonchev–Trinajstić information content (AvgIpc) is 2.78. The SMILES string of the molecule is CCOCCc1noc(-c2c(N)cccc2F)n1. The van der Waals surface area contributed by atoms with E-state index in [4.69, 9.17) is 15.0 Å². The van der Waals surface area contributed by atoms with Gasteiger partial charge in [0.05, 0.1) is 12.2 Å². The van der Waals surface area contributed by atoms with Crippen LogP contribution in [-0.4, -0.2) is 23.4 Å². The third-order valence-corrected chi connectivity index (χ3v) is 2.40. The molecule has 0 bridgehead atoms. The fourth-order valence-corrected chi connectivity index (χ4v) is 1.53. The Balaban J connectivity index is 2.19. The molecule has 5 nitrogen and oxygen atoms in total. The minimum Gasteiger partial charge on any atom is -0.398 e. The molecule has 1 heterocycles. The van der Waals surface area contributed by atoms with Crippen molar-refractivity contribution < 1.29 is 13.7 Å². The van der Waals surface area contributed by atoms with E-state index in [1.165, 1.54) is 12.1 Å². The standard InChI is InChI=1S/C12H14FN3O2/c1-2-17-7-6-10-15-12(18-16-10)11-8(13)4-3-5-9(11)14/h3-5H,2,6-7,14H2,1H3. The van der Waals surface area contributed by atoms with Gasteiger partial charge in [-0.1, -0.05) is 11.2 Å². The van der Waals surface area contributed by atoms with E-state index in [9.17, 15) is 4.39 Å². The van der Waals surface area contributed by atoms with Crippen molar-refractivity contribution in [1.29, 1.82) is 0 Å². The number of halogens is 1. The Morgan fingerprint density at radius 1 is 1.44 bits per heavy atom.